The molecule has 0 fully saturated rings. The number of nitro groups is 1. The van der Waals surface area contributed by atoms with E-state index >= 15 is 0 Å². The minimum Gasteiger partial charge on any atom is -0.543 e. The van der Waals surface area contributed by atoms with E-state index in [1.54, 1.807) is 26.0 Å². The molecule has 0 spiro atoms. The number of phenols is 1. The highest BCUT2D eigenvalue weighted by atomic mass is 28.4. The first-order valence-electron chi connectivity index (χ1n) is 17.5. The number of nitrogens with zero attached hydrogens (tertiary/aromatic N) is 1. The van der Waals surface area contributed by atoms with Crippen LogP contribution in [-0.2, 0) is 6.42 Å². The van der Waals surface area contributed by atoms with Crippen molar-refractivity contribution < 1.29 is 23.7 Å². The van der Waals surface area contributed by atoms with Gasteiger partial charge in [0, 0.05) is 11.6 Å². The van der Waals surface area contributed by atoms with Gasteiger partial charge in [0.1, 0.15) is 23.5 Å². The lowest BCUT2D eigenvalue weighted by Crippen LogP contribution is -2.44. The number of carbonyl (C=O) groups excluding carboxylic acids is 1. The van der Waals surface area contributed by atoms with Crippen molar-refractivity contribution in [3.8, 4) is 17.2 Å². The van der Waals surface area contributed by atoms with Crippen LogP contribution in [0.1, 0.15) is 96.4 Å². The zero-order valence-corrected chi connectivity index (χ0v) is 36.1. The zero-order valence-electron chi connectivity index (χ0n) is 34.1. The van der Waals surface area contributed by atoms with E-state index in [2.05, 4.69) is 93.7 Å². The van der Waals surface area contributed by atoms with Gasteiger partial charge in [-0.1, -0.05) is 53.7 Å². The van der Waals surface area contributed by atoms with Gasteiger partial charge in [0.2, 0.25) is 6.20 Å². The monoisotopic (exact) mass is 736 g/mol. The van der Waals surface area contributed by atoms with Crippen molar-refractivity contribution in [2.24, 2.45) is 5.73 Å². The van der Waals surface area contributed by atoms with Crippen molar-refractivity contribution in [1.29, 1.82) is 0 Å². The number of hydrogen-bond acceptors (Lipinski definition) is 7. The Labute approximate surface area is 309 Å². The average Bonchev–Trinajstić information content (AvgIpc) is 2.98. The van der Waals surface area contributed by atoms with Crippen LogP contribution in [0.15, 0.2) is 42.6 Å². The molecule has 51 heavy (non-hydrogen) atoms. The first-order valence-corrected chi connectivity index (χ1v) is 23.4. The summed E-state index contributed by atoms with van der Waals surface area (Å²) in [6, 6.07) is 11.6. The number of aryl methyl sites for hydroxylation is 6. The minimum absolute atomic E-state index is 0.135. The summed E-state index contributed by atoms with van der Waals surface area (Å²) in [5.41, 5.74) is 14.3. The van der Waals surface area contributed by atoms with Crippen LogP contribution in [0, 0.1) is 51.7 Å². The van der Waals surface area contributed by atoms with E-state index in [1.165, 1.54) is 22.8 Å². The molecule has 8 nitrogen and oxygen atoms in total. The quantitative estimate of drug-likeness (QED) is 0.0969. The summed E-state index contributed by atoms with van der Waals surface area (Å²) in [6.07, 6.45) is 4.18. The van der Waals surface area contributed by atoms with Gasteiger partial charge in [-0.15, -0.1) is 0 Å². The minimum atomic E-state index is -1.89. The Morgan fingerprint density at radius 2 is 1.06 bits per heavy atom. The van der Waals surface area contributed by atoms with Crippen molar-refractivity contribution in [3.05, 3.63) is 103 Å². The third kappa shape index (κ3) is 13.4. The molecule has 3 N–H and O–H groups in total. The van der Waals surface area contributed by atoms with Crippen molar-refractivity contribution in [1.82, 2.24) is 0 Å². The second-order valence-corrected chi connectivity index (χ2v) is 26.0. The molecule has 0 heterocycles. The fourth-order valence-corrected chi connectivity index (χ4v) is 7.05. The van der Waals surface area contributed by atoms with Crippen molar-refractivity contribution in [3.63, 3.8) is 0 Å². The van der Waals surface area contributed by atoms with E-state index in [4.69, 9.17) is 14.6 Å². The number of aldehydes is 1. The molecule has 282 valence electrons. The Bertz CT molecular complexity index is 1630. The van der Waals surface area contributed by atoms with Gasteiger partial charge in [0.15, 0.2) is 0 Å². The molecule has 0 aromatic heterocycles. The Morgan fingerprint density at radius 3 is 1.37 bits per heavy atom. The van der Waals surface area contributed by atoms with Gasteiger partial charge in [0.05, 0.1) is 4.92 Å². The number of rotatable bonds is 9. The standard InChI is InChI=1S/C16H25NO3Si.C16H29NOSi.C9H10O2/c1-12-10-14(8-9-17(18)19)11-13(2)15(12)20-21(6,7)16(3,4)5;1-12-10-14(8-9-17)11-13(2)15(12)18-19(6,7)16(3,4)5;1-6-3-8(5-10)4-7(2)9(6)11/h8-11H,1-7H3;10-11H,8-9,17H2,1-7H3;3-5,11H,1-2H3/b9-8+;;. The number of carbonyl (C=O) groups is 1. The van der Waals surface area contributed by atoms with Gasteiger partial charge >= 0.3 is 0 Å². The van der Waals surface area contributed by atoms with Crippen molar-refractivity contribution in [2.45, 2.75) is 126 Å². The molecule has 3 rings (SSSR count). The molecule has 0 aliphatic rings. The number of phenolic OH excluding ortho intramolecular Hbond substituents is 1. The van der Waals surface area contributed by atoms with E-state index in [0.717, 1.165) is 58.2 Å². The maximum Gasteiger partial charge on any atom is 0.250 e. The maximum atomic E-state index is 10.4. The van der Waals surface area contributed by atoms with Gasteiger partial charge in [-0.25, -0.2) is 0 Å². The average molecular weight is 737 g/mol. The molecule has 0 amide bonds. The first kappa shape index (κ1) is 45.3. The molecule has 0 atom stereocenters. The largest absolute Gasteiger partial charge is 0.543 e. The molecule has 3 aromatic rings. The summed E-state index contributed by atoms with van der Waals surface area (Å²) in [5.74, 6) is 2.27. The smallest absolute Gasteiger partial charge is 0.250 e. The third-order valence-corrected chi connectivity index (χ3v) is 18.5. The lowest BCUT2D eigenvalue weighted by Gasteiger charge is -2.37. The molecule has 10 heteroatoms. The fraction of sp³-hybridized carbons (Fsp3) is 0.488. The highest BCUT2D eigenvalue weighted by Gasteiger charge is 2.40. The molecule has 0 bridgehead atoms. The maximum absolute atomic E-state index is 10.4. The van der Waals surface area contributed by atoms with Crippen LogP contribution in [0.25, 0.3) is 6.08 Å². The number of nitrogens with two attached hydrogens (primary N) is 1. The SMILES string of the molecule is Cc1cc(/C=C/[N+](=O)[O-])cc(C)c1O[Si](C)(C)C(C)(C)C.Cc1cc(C=O)cc(C)c1O.Cc1cc(CCN)cc(C)c1O[Si](C)(C)C(C)(C)C. The van der Waals surface area contributed by atoms with Crippen LogP contribution >= 0.6 is 0 Å². The second-order valence-electron chi connectivity index (χ2n) is 16.5. The Balaban J connectivity index is 0.000000400. The molecular formula is C41H64N2O6Si2. The summed E-state index contributed by atoms with van der Waals surface area (Å²) in [7, 11) is -3.66. The predicted molar refractivity (Wildman–Crippen MR) is 219 cm³/mol. The van der Waals surface area contributed by atoms with Crippen molar-refractivity contribution in [2.75, 3.05) is 6.54 Å². The van der Waals surface area contributed by atoms with Crippen LogP contribution in [-0.4, -0.2) is 39.5 Å². The summed E-state index contributed by atoms with van der Waals surface area (Å²) in [5, 5.41) is 20.1. The summed E-state index contributed by atoms with van der Waals surface area (Å²) in [4.78, 5) is 20.3. The van der Waals surface area contributed by atoms with E-state index in [1.807, 2.05) is 26.0 Å². The van der Waals surface area contributed by atoms with Gasteiger partial charge in [-0.2, -0.15) is 0 Å². The topological polar surface area (TPSA) is 125 Å². The number of hydrogen-bond donors (Lipinski definition) is 2. The number of benzene rings is 3. The predicted octanol–water partition coefficient (Wildman–Crippen LogP) is 10.9. The Morgan fingerprint density at radius 1 is 0.706 bits per heavy atom. The molecule has 0 aliphatic carbocycles. The first-order chi connectivity index (χ1) is 23.2. The van der Waals surface area contributed by atoms with Crippen LogP contribution in [0.5, 0.6) is 17.2 Å². The lowest BCUT2D eigenvalue weighted by molar-refractivity contribution is -0.400. The molecule has 3 aromatic carbocycles. The fourth-order valence-electron chi connectivity index (χ4n) is 4.77. The van der Waals surface area contributed by atoms with E-state index < -0.39 is 21.6 Å². The summed E-state index contributed by atoms with van der Waals surface area (Å²) in [6.45, 7) is 34.9. The molecule has 0 saturated heterocycles. The van der Waals surface area contributed by atoms with Crippen LogP contribution < -0.4 is 14.6 Å². The van der Waals surface area contributed by atoms with Crippen LogP contribution in [0.4, 0.5) is 0 Å². The molecule has 0 radical (unpaired) electrons. The van der Waals surface area contributed by atoms with Crippen LogP contribution in [0.3, 0.4) is 0 Å². The second kappa shape index (κ2) is 18.2. The van der Waals surface area contributed by atoms with Crippen LogP contribution in [0.2, 0.25) is 36.3 Å². The van der Waals surface area contributed by atoms with Gasteiger partial charge < -0.3 is 19.7 Å². The zero-order chi connectivity index (χ0) is 39.7. The summed E-state index contributed by atoms with van der Waals surface area (Å²) < 4.78 is 12.9. The van der Waals surface area contributed by atoms with Gasteiger partial charge in [-0.05, 0) is 160 Å². The normalized spacial score (nSPS) is 12.0. The molecular weight excluding hydrogens is 673 g/mol. The highest BCUT2D eigenvalue weighted by molar-refractivity contribution is 6.75. The summed E-state index contributed by atoms with van der Waals surface area (Å²) >= 11 is 0. The van der Waals surface area contributed by atoms with Crippen molar-refractivity contribution >= 4 is 29.0 Å². The Hall–Kier alpha value is -3.74. The molecule has 0 aliphatic heterocycles. The third-order valence-electron chi connectivity index (χ3n) is 9.80. The van der Waals surface area contributed by atoms with Gasteiger partial charge in [0.25, 0.3) is 16.6 Å². The molecule has 0 saturated carbocycles. The van der Waals surface area contributed by atoms with E-state index in [9.17, 15) is 20.0 Å². The molecule has 0 unspecified atom stereocenters. The van der Waals surface area contributed by atoms with E-state index in [0.29, 0.717) is 12.1 Å². The van der Waals surface area contributed by atoms with Gasteiger partial charge in [-0.3, -0.25) is 14.9 Å². The van der Waals surface area contributed by atoms with E-state index in [-0.39, 0.29) is 15.8 Å². The Kier molecular flexibility index (Phi) is 16.1. The lowest BCUT2D eigenvalue weighted by atomic mass is 10.0. The number of aromatic hydroxyl groups is 1. The highest BCUT2D eigenvalue weighted by Crippen LogP contribution is 2.40.